The van der Waals surface area contributed by atoms with Gasteiger partial charge < -0.3 is 14.4 Å². The Bertz CT molecular complexity index is 890. The van der Waals surface area contributed by atoms with Crippen LogP contribution in [-0.2, 0) is 9.53 Å². The molecule has 8 heteroatoms. The number of rotatable bonds is 3. The normalized spacial score (nSPS) is 15.5. The van der Waals surface area contributed by atoms with Crippen molar-refractivity contribution < 1.29 is 19.2 Å². The van der Waals surface area contributed by atoms with Crippen molar-refractivity contribution in [1.29, 1.82) is 5.26 Å². The van der Waals surface area contributed by atoms with Crippen molar-refractivity contribution in [3.8, 4) is 11.8 Å². The highest BCUT2D eigenvalue weighted by molar-refractivity contribution is 5.82. The molecule has 1 aliphatic rings. The fourth-order valence-corrected chi connectivity index (χ4v) is 2.68. The number of anilines is 2. The van der Waals surface area contributed by atoms with Crippen molar-refractivity contribution in [1.82, 2.24) is 0 Å². The lowest BCUT2D eigenvalue weighted by Gasteiger charge is -2.35. The third kappa shape index (κ3) is 2.95. The van der Waals surface area contributed by atoms with Crippen LogP contribution in [0, 0.1) is 21.4 Å². The molecule has 1 heterocycles. The smallest absolute Gasteiger partial charge is 0.348 e. The molecule has 0 saturated carbocycles. The number of nitro groups is 1. The third-order valence-corrected chi connectivity index (χ3v) is 3.84. The zero-order chi connectivity index (χ0) is 18.0. The Morgan fingerprint density at radius 1 is 1.36 bits per heavy atom. The molecule has 0 amide bonds. The highest BCUT2D eigenvalue weighted by atomic mass is 16.6. The summed E-state index contributed by atoms with van der Waals surface area (Å²) in [6, 6.07) is 13.0. The predicted octanol–water partition coefficient (Wildman–Crippen LogP) is 2.54. The van der Waals surface area contributed by atoms with Crippen molar-refractivity contribution in [2.75, 3.05) is 18.6 Å². The lowest BCUT2D eigenvalue weighted by atomic mass is 10.1. The van der Waals surface area contributed by atoms with E-state index in [9.17, 15) is 20.2 Å². The number of non-ortho nitro benzene ring substituents is 1. The van der Waals surface area contributed by atoms with E-state index in [1.165, 1.54) is 25.3 Å². The number of nitrogens with zero attached hydrogens (tertiary/aromatic N) is 3. The first-order chi connectivity index (χ1) is 12.0. The molecule has 0 aliphatic carbocycles. The number of fused-ring (bicyclic) bond motifs is 1. The number of hydrogen-bond donors (Lipinski definition) is 0. The number of hydrogen-bond acceptors (Lipinski definition) is 7. The van der Waals surface area contributed by atoms with Crippen molar-refractivity contribution in [3.05, 3.63) is 58.1 Å². The van der Waals surface area contributed by atoms with E-state index >= 15 is 0 Å². The van der Waals surface area contributed by atoms with E-state index in [0.717, 1.165) is 0 Å². The largest absolute Gasteiger partial charge is 0.475 e. The summed E-state index contributed by atoms with van der Waals surface area (Å²) in [5.41, 5.74) is 1.08. The van der Waals surface area contributed by atoms with E-state index in [1.807, 2.05) is 6.07 Å². The van der Waals surface area contributed by atoms with Crippen LogP contribution in [0.5, 0.6) is 5.75 Å². The van der Waals surface area contributed by atoms with E-state index in [0.29, 0.717) is 17.1 Å². The van der Waals surface area contributed by atoms with E-state index < -0.39 is 17.0 Å². The molecule has 2 aromatic rings. The van der Waals surface area contributed by atoms with Gasteiger partial charge in [-0.25, -0.2) is 4.79 Å². The van der Waals surface area contributed by atoms with Crippen LogP contribution in [0.1, 0.15) is 5.56 Å². The Kier molecular flexibility index (Phi) is 4.22. The molecule has 0 radical (unpaired) electrons. The summed E-state index contributed by atoms with van der Waals surface area (Å²) in [7, 11) is 1.27. The van der Waals surface area contributed by atoms with Crippen LogP contribution in [0.4, 0.5) is 17.1 Å². The van der Waals surface area contributed by atoms with Gasteiger partial charge in [0.1, 0.15) is 11.8 Å². The first kappa shape index (κ1) is 16.3. The molecule has 0 fully saturated rings. The van der Waals surface area contributed by atoms with Gasteiger partial charge in [-0.05, 0) is 18.2 Å². The molecule has 0 unspecified atom stereocenters. The Morgan fingerprint density at radius 3 is 2.80 bits per heavy atom. The molecule has 1 aliphatic heterocycles. The molecule has 1 atom stereocenters. The molecule has 2 aromatic carbocycles. The number of nitriles is 1. The van der Waals surface area contributed by atoms with Gasteiger partial charge in [-0.3, -0.25) is 10.1 Å². The average molecular weight is 339 g/mol. The zero-order valence-electron chi connectivity index (χ0n) is 13.2. The minimum absolute atomic E-state index is 0.121. The van der Waals surface area contributed by atoms with Crippen molar-refractivity contribution in [3.63, 3.8) is 0 Å². The van der Waals surface area contributed by atoms with Gasteiger partial charge in [-0.1, -0.05) is 12.1 Å². The molecule has 25 heavy (non-hydrogen) atoms. The van der Waals surface area contributed by atoms with E-state index in [-0.39, 0.29) is 17.8 Å². The molecule has 0 aromatic heterocycles. The van der Waals surface area contributed by atoms with Crippen LogP contribution in [0.15, 0.2) is 42.5 Å². The van der Waals surface area contributed by atoms with Crippen molar-refractivity contribution in [2.45, 2.75) is 6.10 Å². The Morgan fingerprint density at radius 2 is 2.12 bits per heavy atom. The molecule has 3 rings (SSSR count). The highest BCUT2D eigenvalue weighted by Crippen LogP contribution is 2.40. The molecule has 126 valence electrons. The maximum absolute atomic E-state index is 11.9. The third-order valence-electron chi connectivity index (χ3n) is 3.84. The molecule has 0 saturated heterocycles. The zero-order valence-corrected chi connectivity index (χ0v) is 13.2. The summed E-state index contributed by atoms with van der Waals surface area (Å²) in [5, 5.41) is 20.3. The quantitative estimate of drug-likeness (QED) is 0.480. The second-order valence-corrected chi connectivity index (χ2v) is 5.28. The Hall–Kier alpha value is -3.60. The summed E-state index contributed by atoms with van der Waals surface area (Å²) >= 11 is 0. The molecule has 0 spiro atoms. The monoisotopic (exact) mass is 339 g/mol. The Labute approximate surface area is 143 Å². The van der Waals surface area contributed by atoms with Crippen LogP contribution in [0.2, 0.25) is 0 Å². The Balaban J connectivity index is 2.10. The van der Waals surface area contributed by atoms with Gasteiger partial charge in [0.25, 0.3) is 5.69 Å². The van der Waals surface area contributed by atoms with Gasteiger partial charge in [-0.15, -0.1) is 0 Å². The number of ether oxygens (including phenoxy) is 2. The number of nitro benzene ring substituents is 1. The van der Waals surface area contributed by atoms with Gasteiger partial charge in [0, 0.05) is 12.1 Å². The molecule has 8 nitrogen and oxygen atoms in total. The van der Waals surface area contributed by atoms with Gasteiger partial charge in [0.2, 0.25) is 6.10 Å². The van der Waals surface area contributed by atoms with E-state index in [4.69, 9.17) is 9.47 Å². The summed E-state index contributed by atoms with van der Waals surface area (Å²) in [4.78, 5) is 24.0. The van der Waals surface area contributed by atoms with Crippen molar-refractivity contribution in [2.24, 2.45) is 0 Å². The minimum Gasteiger partial charge on any atom is -0.475 e. The number of carbonyl (C=O) groups excluding carboxylic acids is 1. The first-order valence-corrected chi connectivity index (χ1v) is 7.34. The van der Waals surface area contributed by atoms with Gasteiger partial charge in [0.05, 0.1) is 35.5 Å². The number of para-hydroxylation sites is 2. The number of methoxy groups -OCH3 is 1. The van der Waals surface area contributed by atoms with Gasteiger partial charge in [0.15, 0.2) is 0 Å². The standard InChI is InChI=1S/C17H13N3O5/c1-24-17(21)16-10-19(14-4-2-3-5-15(14)25-16)13-7-6-12(20(22)23)8-11(13)9-18/h2-8,16H,10H2,1H3/t16-/m1/s1. The summed E-state index contributed by atoms with van der Waals surface area (Å²) in [6.45, 7) is 0.121. The average Bonchev–Trinajstić information content (AvgIpc) is 2.65. The van der Waals surface area contributed by atoms with Crippen LogP contribution in [0.25, 0.3) is 0 Å². The van der Waals surface area contributed by atoms with Crippen molar-refractivity contribution >= 4 is 23.0 Å². The van der Waals surface area contributed by atoms with Crippen LogP contribution >= 0.6 is 0 Å². The SMILES string of the molecule is COC(=O)[C@H]1CN(c2ccc([N+](=O)[O-])cc2C#N)c2ccccc2O1. The van der Waals surface area contributed by atoms with Crippen LogP contribution in [-0.4, -0.2) is 30.7 Å². The topological polar surface area (TPSA) is 106 Å². The summed E-state index contributed by atoms with van der Waals surface area (Å²) in [5.74, 6) is -0.0775. The highest BCUT2D eigenvalue weighted by Gasteiger charge is 2.33. The molecular weight excluding hydrogens is 326 g/mol. The summed E-state index contributed by atoms with van der Waals surface area (Å²) in [6.07, 6.45) is -0.873. The fourth-order valence-electron chi connectivity index (χ4n) is 2.68. The number of benzene rings is 2. The molecule has 0 N–H and O–H groups in total. The maximum atomic E-state index is 11.9. The molecule has 0 bridgehead atoms. The maximum Gasteiger partial charge on any atom is 0.348 e. The van der Waals surface area contributed by atoms with Gasteiger partial charge in [-0.2, -0.15) is 5.26 Å². The number of esters is 1. The second kappa shape index (κ2) is 6.49. The van der Waals surface area contributed by atoms with Crippen LogP contribution < -0.4 is 9.64 Å². The minimum atomic E-state index is -0.873. The van der Waals surface area contributed by atoms with E-state index in [2.05, 4.69) is 0 Å². The predicted molar refractivity (Wildman–Crippen MR) is 87.7 cm³/mol. The lowest BCUT2D eigenvalue weighted by molar-refractivity contribution is -0.384. The fraction of sp³-hybridized carbons (Fsp3) is 0.176. The van der Waals surface area contributed by atoms with Gasteiger partial charge >= 0.3 is 5.97 Å². The van der Waals surface area contributed by atoms with Crippen LogP contribution in [0.3, 0.4) is 0 Å². The summed E-state index contributed by atoms with van der Waals surface area (Å²) < 4.78 is 10.4. The molecular formula is C17H13N3O5. The lowest BCUT2D eigenvalue weighted by Crippen LogP contribution is -2.43. The number of carbonyl (C=O) groups is 1. The second-order valence-electron chi connectivity index (χ2n) is 5.28. The van der Waals surface area contributed by atoms with E-state index in [1.54, 1.807) is 29.2 Å². The first-order valence-electron chi connectivity index (χ1n) is 7.34.